The van der Waals surface area contributed by atoms with Crippen LogP contribution in [0.4, 0.5) is 5.69 Å². The third-order valence-corrected chi connectivity index (χ3v) is 3.61. The highest BCUT2D eigenvalue weighted by Gasteiger charge is 2.17. The summed E-state index contributed by atoms with van der Waals surface area (Å²) in [4.78, 5) is 30.1. The van der Waals surface area contributed by atoms with Crippen LogP contribution in [0.2, 0.25) is 15.1 Å². The van der Waals surface area contributed by atoms with E-state index in [4.69, 9.17) is 39.9 Å². The van der Waals surface area contributed by atoms with E-state index in [0.29, 0.717) is 0 Å². The van der Waals surface area contributed by atoms with Crippen LogP contribution in [0.1, 0.15) is 21.0 Å². The molecule has 0 saturated carbocycles. The second kappa shape index (κ2) is 6.26. The van der Waals surface area contributed by atoms with Gasteiger partial charge in [-0.15, -0.1) is 0 Å². The predicted octanol–water partition coefficient (Wildman–Crippen LogP) is 3.39. The van der Waals surface area contributed by atoms with Crippen LogP contribution < -0.4 is 5.32 Å². The Kier molecular flexibility index (Phi) is 4.62. The number of carbonyl (C=O) groups excluding carboxylic acids is 1. The van der Waals surface area contributed by atoms with Crippen molar-refractivity contribution in [2.45, 2.75) is 0 Å². The summed E-state index contributed by atoms with van der Waals surface area (Å²) in [7, 11) is 0. The van der Waals surface area contributed by atoms with Crippen molar-refractivity contribution in [1.29, 1.82) is 0 Å². The number of carboxylic acid groups (broad SMARTS) is 1. The monoisotopic (exact) mass is 345 g/mol. The highest BCUT2D eigenvalue weighted by molar-refractivity contribution is 6.49. The molecular formula is C12H6Cl3N3O3. The normalized spacial score (nSPS) is 10.2. The summed E-state index contributed by atoms with van der Waals surface area (Å²) in [5.41, 5.74) is 0.0426. The number of nitrogens with zero attached hydrogens (tertiary/aromatic N) is 2. The predicted molar refractivity (Wildman–Crippen MR) is 78.4 cm³/mol. The maximum atomic E-state index is 12.0. The smallest absolute Gasteiger partial charge is 0.354 e. The van der Waals surface area contributed by atoms with E-state index in [1.165, 1.54) is 24.5 Å². The third kappa shape index (κ3) is 3.41. The van der Waals surface area contributed by atoms with Crippen molar-refractivity contribution in [3.63, 3.8) is 0 Å². The lowest BCUT2D eigenvalue weighted by atomic mass is 10.3. The van der Waals surface area contributed by atoms with E-state index in [1.54, 1.807) is 0 Å². The van der Waals surface area contributed by atoms with Crippen LogP contribution in [0, 0.1) is 0 Å². The van der Waals surface area contributed by atoms with Crippen molar-refractivity contribution >= 4 is 52.4 Å². The van der Waals surface area contributed by atoms with Gasteiger partial charge in [-0.25, -0.2) is 14.8 Å². The van der Waals surface area contributed by atoms with Gasteiger partial charge in [0.2, 0.25) is 0 Å². The molecular weight excluding hydrogens is 341 g/mol. The molecule has 0 unspecified atom stereocenters. The number of pyridine rings is 2. The Hall–Kier alpha value is -1.89. The zero-order valence-corrected chi connectivity index (χ0v) is 12.4. The number of hydrogen-bond acceptors (Lipinski definition) is 4. The number of aromatic nitrogens is 2. The minimum absolute atomic E-state index is 0.0258. The Labute approximate surface area is 133 Å². The number of rotatable bonds is 3. The first kappa shape index (κ1) is 15.5. The van der Waals surface area contributed by atoms with Gasteiger partial charge in [-0.05, 0) is 12.1 Å². The summed E-state index contributed by atoms with van der Waals surface area (Å²) < 4.78 is 0. The first-order chi connectivity index (χ1) is 9.90. The second-order valence-electron chi connectivity index (χ2n) is 3.77. The molecule has 1 amide bonds. The zero-order chi connectivity index (χ0) is 15.6. The van der Waals surface area contributed by atoms with E-state index < -0.39 is 11.9 Å². The molecule has 0 atom stereocenters. The van der Waals surface area contributed by atoms with Gasteiger partial charge in [-0.2, -0.15) is 0 Å². The Morgan fingerprint density at radius 3 is 2.33 bits per heavy atom. The van der Waals surface area contributed by atoms with E-state index in [0.717, 1.165) is 0 Å². The van der Waals surface area contributed by atoms with Crippen LogP contribution in [-0.2, 0) is 0 Å². The van der Waals surface area contributed by atoms with Gasteiger partial charge in [0.05, 0.1) is 27.0 Å². The average Bonchev–Trinajstić information content (AvgIpc) is 2.45. The van der Waals surface area contributed by atoms with Crippen LogP contribution in [0.15, 0.2) is 24.5 Å². The van der Waals surface area contributed by atoms with Crippen LogP contribution in [0.3, 0.4) is 0 Å². The molecule has 108 valence electrons. The van der Waals surface area contributed by atoms with Crippen LogP contribution in [0.25, 0.3) is 0 Å². The van der Waals surface area contributed by atoms with Crippen molar-refractivity contribution in [2.75, 3.05) is 5.32 Å². The van der Waals surface area contributed by atoms with E-state index in [-0.39, 0.29) is 32.1 Å². The summed E-state index contributed by atoms with van der Waals surface area (Å²) in [6.07, 6.45) is 2.41. The first-order valence-corrected chi connectivity index (χ1v) is 6.53. The molecule has 0 bridgehead atoms. The third-order valence-electron chi connectivity index (χ3n) is 2.37. The second-order valence-corrected chi connectivity index (χ2v) is 4.94. The molecule has 0 aliphatic heterocycles. The molecule has 0 aromatic carbocycles. The van der Waals surface area contributed by atoms with Crippen molar-refractivity contribution in [1.82, 2.24) is 9.97 Å². The highest BCUT2D eigenvalue weighted by Crippen LogP contribution is 2.31. The Bertz CT molecular complexity index is 720. The molecule has 0 spiro atoms. The van der Waals surface area contributed by atoms with Gasteiger partial charge in [0.25, 0.3) is 5.91 Å². The number of carbonyl (C=O) groups is 2. The van der Waals surface area contributed by atoms with Crippen molar-refractivity contribution in [2.24, 2.45) is 0 Å². The first-order valence-electron chi connectivity index (χ1n) is 5.40. The molecule has 6 nitrogen and oxygen atoms in total. The topological polar surface area (TPSA) is 92.2 Å². The number of halogens is 3. The molecule has 2 heterocycles. The Morgan fingerprint density at radius 1 is 1.05 bits per heavy atom. The minimum Gasteiger partial charge on any atom is -0.477 e. The van der Waals surface area contributed by atoms with Crippen molar-refractivity contribution in [3.05, 3.63) is 51.0 Å². The number of aromatic carboxylic acids is 1. The molecule has 2 rings (SSSR count). The molecule has 0 fully saturated rings. The average molecular weight is 347 g/mol. The van der Waals surface area contributed by atoms with Gasteiger partial charge in [-0.1, -0.05) is 34.8 Å². The zero-order valence-electron chi connectivity index (χ0n) is 10.1. The lowest BCUT2D eigenvalue weighted by molar-refractivity contribution is 0.0690. The number of nitrogens with one attached hydrogen (secondary N) is 1. The molecule has 2 N–H and O–H groups in total. The number of hydrogen-bond donors (Lipinski definition) is 2. The molecule has 0 aliphatic rings. The van der Waals surface area contributed by atoms with Gasteiger partial charge in [0.1, 0.15) is 11.4 Å². The maximum Gasteiger partial charge on any atom is 0.354 e. The van der Waals surface area contributed by atoms with Gasteiger partial charge in [0.15, 0.2) is 0 Å². The van der Waals surface area contributed by atoms with Gasteiger partial charge in [-0.3, -0.25) is 4.79 Å². The highest BCUT2D eigenvalue weighted by atomic mass is 35.5. The quantitative estimate of drug-likeness (QED) is 0.888. The lowest BCUT2D eigenvalue weighted by Gasteiger charge is -2.07. The minimum atomic E-state index is -1.16. The molecule has 0 saturated heterocycles. The maximum absolute atomic E-state index is 12.0. The number of anilines is 1. The van der Waals surface area contributed by atoms with Crippen molar-refractivity contribution < 1.29 is 14.7 Å². The van der Waals surface area contributed by atoms with E-state index >= 15 is 0 Å². The molecule has 21 heavy (non-hydrogen) atoms. The standard InChI is InChI=1S/C12H6Cl3N3O3/c13-6-4-17-10(9(15)8(6)14)11(19)18-5-1-2-7(12(20)21)16-3-5/h1-4H,(H,18,19)(H,20,21). The fourth-order valence-electron chi connectivity index (χ4n) is 1.39. The summed E-state index contributed by atoms with van der Waals surface area (Å²) in [5.74, 6) is -1.79. The number of carboxylic acids is 1. The van der Waals surface area contributed by atoms with Gasteiger partial charge in [0, 0.05) is 6.20 Å². The molecule has 0 radical (unpaired) electrons. The Balaban J connectivity index is 2.22. The van der Waals surface area contributed by atoms with Crippen LogP contribution in [0.5, 0.6) is 0 Å². The lowest BCUT2D eigenvalue weighted by Crippen LogP contribution is -2.15. The molecule has 2 aromatic heterocycles. The van der Waals surface area contributed by atoms with Crippen LogP contribution in [-0.4, -0.2) is 27.0 Å². The molecule has 0 aliphatic carbocycles. The fourth-order valence-corrected chi connectivity index (χ4v) is 1.95. The van der Waals surface area contributed by atoms with Crippen LogP contribution >= 0.6 is 34.8 Å². The van der Waals surface area contributed by atoms with E-state index in [9.17, 15) is 9.59 Å². The summed E-state index contributed by atoms with van der Waals surface area (Å²) in [6, 6.07) is 2.64. The Morgan fingerprint density at radius 2 is 1.76 bits per heavy atom. The van der Waals surface area contributed by atoms with E-state index in [2.05, 4.69) is 15.3 Å². The SMILES string of the molecule is O=C(O)c1ccc(NC(=O)c2ncc(Cl)c(Cl)c2Cl)cn1. The van der Waals surface area contributed by atoms with E-state index in [1.807, 2.05) is 0 Å². The molecule has 2 aromatic rings. The fraction of sp³-hybridized carbons (Fsp3) is 0. The molecule has 9 heteroatoms. The number of amides is 1. The summed E-state index contributed by atoms with van der Waals surface area (Å²) >= 11 is 17.4. The van der Waals surface area contributed by atoms with Crippen molar-refractivity contribution in [3.8, 4) is 0 Å². The largest absolute Gasteiger partial charge is 0.477 e. The van der Waals surface area contributed by atoms with Gasteiger partial charge >= 0.3 is 5.97 Å². The van der Waals surface area contributed by atoms with Gasteiger partial charge < -0.3 is 10.4 Å². The summed E-state index contributed by atoms with van der Waals surface area (Å²) in [5, 5.41) is 11.3. The summed E-state index contributed by atoms with van der Waals surface area (Å²) in [6.45, 7) is 0.